The first-order valence-corrected chi connectivity index (χ1v) is 18.8. The molecule has 10 nitrogen and oxygen atoms in total. The summed E-state index contributed by atoms with van der Waals surface area (Å²) in [6, 6.07) is 45.2. The van der Waals surface area contributed by atoms with Gasteiger partial charge in [-0.05, 0) is 78.8 Å². The van der Waals surface area contributed by atoms with Crippen LogP contribution in [0.4, 0.5) is 0 Å². The summed E-state index contributed by atoms with van der Waals surface area (Å²) in [5.74, 6) is 1.37. The molecular weight excluding hydrogens is 721 g/mol. The molecular formula is C47H40N2O8. The minimum absolute atomic E-state index is 0.110. The van der Waals surface area contributed by atoms with E-state index in [-0.39, 0.29) is 13.2 Å². The van der Waals surface area contributed by atoms with E-state index in [9.17, 15) is 14.7 Å². The van der Waals surface area contributed by atoms with Gasteiger partial charge in [0, 0.05) is 12.3 Å². The van der Waals surface area contributed by atoms with Gasteiger partial charge >= 0.3 is 5.69 Å². The van der Waals surface area contributed by atoms with Crippen LogP contribution in [0.15, 0.2) is 155 Å². The van der Waals surface area contributed by atoms with E-state index in [1.165, 1.54) is 22.2 Å². The number of ether oxygens (including phenoxy) is 5. The van der Waals surface area contributed by atoms with E-state index < -0.39 is 41.4 Å². The number of rotatable bonds is 12. The molecule has 1 fully saturated rings. The van der Waals surface area contributed by atoms with Crippen LogP contribution in [0.5, 0.6) is 11.5 Å². The number of nitrogens with one attached hydrogen (secondary N) is 1. The Morgan fingerprint density at radius 3 is 1.91 bits per heavy atom. The number of hydrogen-bond acceptors (Lipinski definition) is 8. The summed E-state index contributed by atoms with van der Waals surface area (Å²) < 4.78 is 32.5. The van der Waals surface area contributed by atoms with Gasteiger partial charge in [0.15, 0.2) is 6.23 Å². The summed E-state index contributed by atoms with van der Waals surface area (Å²) in [6.45, 7) is 0.00833. The predicted octanol–water partition coefficient (Wildman–Crippen LogP) is 7.30. The molecule has 9 rings (SSSR count). The van der Waals surface area contributed by atoms with Crippen LogP contribution in [0.25, 0.3) is 32.3 Å². The molecule has 0 spiro atoms. The fourth-order valence-corrected chi connectivity index (χ4v) is 8.28. The average Bonchev–Trinajstić information content (AvgIpc) is 3.56. The molecule has 0 bridgehead atoms. The van der Waals surface area contributed by atoms with E-state index in [2.05, 4.69) is 53.5 Å². The number of aromatic nitrogens is 2. The van der Waals surface area contributed by atoms with Crippen LogP contribution in [0.3, 0.4) is 0 Å². The number of aliphatic hydroxyl groups excluding tert-OH is 1. The van der Waals surface area contributed by atoms with Gasteiger partial charge in [0.2, 0.25) is 0 Å². The van der Waals surface area contributed by atoms with Crippen LogP contribution >= 0.6 is 0 Å². The third-order valence-electron chi connectivity index (χ3n) is 11.1. The summed E-state index contributed by atoms with van der Waals surface area (Å²) in [4.78, 5) is 27.7. The normalized spacial score (nSPS) is 18.4. The van der Waals surface area contributed by atoms with Crippen molar-refractivity contribution < 1.29 is 28.8 Å². The lowest BCUT2D eigenvalue weighted by Crippen LogP contribution is -2.41. The standard InChI is InChI=1S/C47H40N2O8/c1-53-36-20-16-34(17-21-36)47(33-9-4-3-5-10-33,35-18-22-37(54-2)23-19-35)56-28-39-43(51)44(45(57-39)49-26-25-40(50)48-46(49)52)55-27-32-14-13-31-12-11-29-7-6-8-30-15-24-38(32)42(31)41(29)30/h3-26,39,43-45,51H,27-28H2,1-2H3,(H,48,50,52)/t39-,43?,44?,45-/m1/s1. The smallest absolute Gasteiger partial charge is 0.330 e. The molecule has 4 atom stereocenters. The van der Waals surface area contributed by atoms with Crippen molar-refractivity contribution in [2.24, 2.45) is 0 Å². The zero-order chi connectivity index (χ0) is 39.1. The van der Waals surface area contributed by atoms with Crippen molar-refractivity contribution in [2.75, 3.05) is 20.8 Å². The molecule has 2 unspecified atom stereocenters. The van der Waals surface area contributed by atoms with Gasteiger partial charge in [-0.3, -0.25) is 14.3 Å². The van der Waals surface area contributed by atoms with Crippen molar-refractivity contribution in [3.63, 3.8) is 0 Å². The maximum absolute atomic E-state index is 13.2. The number of hydrogen-bond donors (Lipinski definition) is 2. The fraction of sp³-hybridized carbons (Fsp3) is 0.191. The minimum Gasteiger partial charge on any atom is -0.497 e. The summed E-state index contributed by atoms with van der Waals surface area (Å²) in [5, 5.41) is 18.9. The second-order valence-electron chi connectivity index (χ2n) is 14.2. The highest BCUT2D eigenvalue weighted by Crippen LogP contribution is 2.43. The molecule has 1 saturated heterocycles. The maximum atomic E-state index is 13.2. The quantitative estimate of drug-likeness (QED) is 0.0984. The molecule has 1 aliphatic rings. The summed E-state index contributed by atoms with van der Waals surface area (Å²) in [6.07, 6.45) is -2.95. The van der Waals surface area contributed by atoms with Crippen LogP contribution in [0, 0.1) is 0 Å². The second kappa shape index (κ2) is 15.0. The second-order valence-corrected chi connectivity index (χ2v) is 14.2. The van der Waals surface area contributed by atoms with Gasteiger partial charge in [0.05, 0.1) is 27.4 Å². The van der Waals surface area contributed by atoms with Gasteiger partial charge in [-0.15, -0.1) is 0 Å². The molecule has 1 aromatic heterocycles. The first-order valence-electron chi connectivity index (χ1n) is 18.8. The Bertz CT molecular complexity index is 2720. The van der Waals surface area contributed by atoms with Crippen LogP contribution in [-0.4, -0.2) is 53.8 Å². The molecule has 1 aliphatic heterocycles. The molecule has 0 radical (unpaired) electrons. The third kappa shape index (κ3) is 6.42. The molecule has 0 aliphatic carbocycles. The van der Waals surface area contributed by atoms with Crippen LogP contribution in [-0.2, 0) is 26.4 Å². The lowest BCUT2D eigenvalue weighted by atomic mass is 9.80. The molecule has 8 aromatic rings. The van der Waals surface area contributed by atoms with E-state index >= 15 is 0 Å². The zero-order valence-electron chi connectivity index (χ0n) is 31.3. The van der Waals surface area contributed by atoms with Crippen molar-refractivity contribution in [1.82, 2.24) is 9.55 Å². The Hall–Kier alpha value is -6.30. The van der Waals surface area contributed by atoms with Crippen molar-refractivity contribution in [2.45, 2.75) is 36.7 Å². The number of methoxy groups -OCH3 is 2. The van der Waals surface area contributed by atoms with E-state index in [4.69, 9.17) is 23.7 Å². The van der Waals surface area contributed by atoms with Crippen molar-refractivity contribution in [3.8, 4) is 11.5 Å². The number of nitrogens with zero attached hydrogens (tertiary/aromatic N) is 1. The van der Waals surface area contributed by atoms with Gasteiger partial charge < -0.3 is 28.8 Å². The molecule has 0 amide bonds. The van der Waals surface area contributed by atoms with Gasteiger partial charge in [-0.25, -0.2) is 4.79 Å². The Morgan fingerprint density at radius 1 is 0.684 bits per heavy atom. The minimum atomic E-state index is -1.24. The van der Waals surface area contributed by atoms with Gasteiger partial charge in [0.1, 0.15) is 35.4 Å². The first-order chi connectivity index (χ1) is 27.9. The highest BCUT2D eigenvalue weighted by molar-refractivity contribution is 6.23. The molecule has 2 N–H and O–H groups in total. The number of benzene rings is 7. The number of H-pyrrole nitrogens is 1. The number of aromatic amines is 1. The van der Waals surface area contributed by atoms with Crippen LogP contribution < -0.4 is 20.7 Å². The third-order valence-corrected chi connectivity index (χ3v) is 11.1. The van der Waals surface area contributed by atoms with E-state index in [1.807, 2.05) is 84.9 Å². The van der Waals surface area contributed by atoms with Crippen LogP contribution in [0.2, 0.25) is 0 Å². The Morgan fingerprint density at radius 2 is 1.28 bits per heavy atom. The highest BCUT2D eigenvalue weighted by atomic mass is 16.6. The number of aliphatic hydroxyl groups is 1. The summed E-state index contributed by atoms with van der Waals surface area (Å²) in [7, 11) is 3.23. The fourth-order valence-electron chi connectivity index (χ4n) is 8.28. The Kier molecular flexibility index (Phi) is 9.55. The topological polar surface area (TPSA) is 121 Å². The largest absolute Gasteiger partial charge is 0.497 e. The van der Waals surface area contributed by atoms with Crippen LogP contribution in [0.1, 0.15) is 28.5 Å². The molecule has 57 heavy (non-hydrogen) atoms. The van der Waals surface area contributed by atoms with E-state index in [0.29, 0.717) is 11.5 Å². The molecule has 286 valence electrons. The van der Waals surface area contributed by atoms with Gasteiger partial charge in [-0.2, -0.15) is 0 Å². The van der Waals surface area contributed by atoms with E-state index in [0.717, 1.165) is 49.2 Å². The molecule has 7 aromatic carbocycles. The maximum Gasteiger partial charge on any atom is 0.330 e. The summed E-state index contributed by atoms with van der Waals surface area (Å²) >= 11 is 0. The van der Waals surface area contributed by atoms with Crippen molar-refractivity contribution in [3.05, 3.63) is 189 Å². The SMILES string of the molecule is COc1ccc(C(OC[C@H]2O[C@@H](n3ccc(=O)[nH]c3=O)C(OCc3ccc4ccc5cccc6ccc3c4c56)C2O)(c2ccccc2)c2ccc(OC)cc2)cc1. The average molecular weight is 761 g/mol. The summed E-state index contributed by atoms with van der Waals surface area (Å²) in [5.41, 5.74) is 0.948. The predicted molar refractivity (Wildman–Crippen MR) is 218 cm³/mol. The van der Waals surface area contributed by atoms with Crippen molar-refractivity contribution >= 4 is 32.3 Å². The first kappa shape index (κ1) is 36.3. The Balaban J connectivity index is 1.09. The van der Waals surface area contributed by atoms with E-state index in [1.54, 1.807) is 14.2 Å². The lowest BCUT2D eigenvalue weighted by molar-refractivity contribution is -0.0991. The monoisotopic (exact) mass is 760 g/mol. The van der Waals surface area contributed by atoms with Gasteiger partial charge in [0.25, 0.3) is 5.56 Å². The molecule has 10 heteroatoms. The lowest BCUT2D eigenvalue weighted by Gasteiger charge is -2.37. The molecule has 0 saturated carbocycles. The molecule has 2 heterocycles. The zero-order valence-corrected chi connectivity index (χ0v) is 31.3. The van der Waals surface area contributed by atoms with Crippen molar-refractivity contribution in [1.29, 1.82) is 0 Å². The highest BCUT2D eigenvalue weighted by Gasteiger charge is 2.48. The Labute approximate surface area is 327 Å². The van der Waals surface area contributed by atoms with Gasteiger partial charge in [-0.1, -0.05) is 109 Å².